The average Bonchev–Trinajstić information content (AvgIpc) is 3.03. The summed E-state index contributed by atoms with van der Waals surface area (Å²) in [4.78, 5) is 27.7. The highest BCUT2D eigenvalue weighted by Crippen LogP contribution is 2.46. The van der Waals surface area contributed by atoms with Crippen molar-refractivity contribution in [1.29, 1.82) is 0 Å². The second-order valence-corrected chi connectivity index (χ2v) is 7.14. The molecule has 2 N–H and O–H groups in total. The Labute approximate surface area is 160 Å². The van der Waals surface area contributed by atoms with E-state index in [1.807, 2.05) is 28.5 Å². The van der Waals surface area contributed by atoms with Crippen LogP contribution in [0.5, 0.6) is 0 Å². The zero-order valence-electron chi connectivity index (χ0n) is 14.9. The first-order chi connectivity index (χ1) is 13.1. The Balaban J connectivity index is 1.73. The van der Waals surface area contributed by atoms with Gasteiger partial charge in [-0.3, -0.25) is 9.69 Å². The molecule has 27 heavy (non-hydrogen) atoms. The largest absolute Gasteiger partial charge is 0.364 e. The third-order valence-electron chi connectivity index (χ3n) is 4.30. The molecule has 1 aromatic carbocycles. The van der Waals surface area contributed by atoms with Crippen LogP contribution in [-0.4, -0.2) is 39.3 Å². The van der Waals surface area contributed by atoms with Crippen molar-refractivity contribution < 1.29 is 9.53 Å². The zero-order chi connectivity index (χ0) is 19.0. The molecule has 9 heteroatoms. The van der Waals surface area contributed by atoms with Crippen LogP contribution in [0.3, 0.4) is 0 Å². The van der Waals surface area contributed by atoms with Gasteiger partial charge in [0.25, 0.3) is 5.91 Å². The van der Waals surface area contributed by atoms with Gasteiger partial charge in [-0.25, -0.2) is 15.0 Å². The van der Waals surface area contributed by atoms with Gasteiger partial charge in [-0.05, 0) is 24.6 Å². The van der Waals surface area contributed by atoms with Crippen LogP contribution in [0, 0.1) is 6.92 Å². The lowest BCUT2D eigenvalue weighted by molar-refractivity contribution is 0.0986. The Morgan fingerprint density at radius 3 is 2.85 bits per heavy atom. The van der Waals surface area contributed by atoms with E-state index < -0.39 is 5.91 Å². The van der Waals surface area contributed by atoms with Gasteiger partial charge in [-0.2, -0.15) is 0 Å². The molecule has 1 aliphatic heterocycles. The van der Waals surface area contributed by atoms with Crippen molar-refractivity contribution in [1.82, 2.24) is 19.5 Å². The molecule has 4 rings (SSSR count). The summed E-state index contributed by atoms with van der Waals surface area (Å²) in [5, 5.41) is 0.844. The van der Waals surface area contributed by atoms with E-state index in [4.69, 9.17) is 10.5 Å². The van der Waals surface area contributed by atoms with E-state index in [1.54, 1.807) is 37.5 Å². The topological polar surface area (TPSA) is 99.2 Å². The number of nitrogens with zero attached hydrogens (tertiary/aromatic N) is 5. The number of hydrogen-bond donors (Lipinski definition) is 1. The van der Waals surface area contributed by atoms with Crippen LogP contribution in [-0.2, 0) is 11.3 Å². The van der Waals surface area contributed by atoms with E-state index in [-0.39, 0.29) is 5.82 Å². The van der Waals surface area contributed by atoms with Crippen molar-refractivity contribution in [3.63, 3.8) is 0 Å². The molecule has 0 aliphatic carbocycles. The Hall–Kier alpha value is -2.91. The summed E-state index contributed by atoms with van der Waals surface area (Å²) in [6.07, 6.45) is 5.01. The minimum Gasteiger partial charge on any atom is -0.364 e. The Kier molecular flexibility index (Phi) is 4.54. The monoisotopic (exact) mass is 382 g/mol. The Morgan fingerprint density at radius 2 is 2.07 bits per heavy atom. The summed E-state index contributed by atoms with van der Waals surface area (Å²) in [5.74, 6) is 0.483. The molecule has 0 saturated carbocycles. The van der Waals surface area contributed by atoms with E-state index in [9.17, 15) is 4.79 Å². The number of carbonyl (C=O) groups is 1. The van der Waals surface area contributed by atoms with Crippen molar-refractivity contribution in [3.05, 3.63) is 53.9 Å². The van der Waals surface area contributed by atoms with E-state index >= 15 is 0 Å². The first kappa shape index (κ1) is 17.5. The SMILES string of the molecule is COCN1c2cc(Cn3c(C)cnc3C(N)=O)ccc2Sc2nccnc21. The van der Waals surface area contributed by atoms with Gasteiger partial charge < -0.3 is 15.0 Å². The minimum atomic E-state index is -0.540. The van der Waals surface area contributed by atoms with E-state index in [1.165, 1.54) is 0 Å². The number of rotatable bonds is 5. The molecule has 138 valence electrons. The number of anilines is 2. The van der Waals surface area contributed by atoms with Crippen LogP contribution in [0.2, 0.25) is 0 Å². The fourth-order valence-electron chi connectivity index (χ4n) is 3.05. The maximum atomic E-state index is 11.6. The second-order valence-electron chi connectivity index (χ2n) is 6.11. The van der Waals surface area contributed by atoms with E-state index in [2.05, 4.69) is 21.0 Å². The third kappa shape index (κ3) is 3.15. The summed E-state index contributed by atoms with van der Waals surface area (Å²) in [6.45, 7) is 2.76. The van der Waals surface area contributed by atoms with Gasteiger partial charge in [0.1, 0.15) is 11.8 Å². The molecule has 0 bridgehead atoms. The molecule has 0 spiro atoms. The van der Waals surface area contributed by atoms with Gasteiger partial charge in [0, 0.05) is 42.8 Å². The number of amides is 1. The Morgan fingerprint density at radius 1 is 1.26 bits per heavy atom. The normalized spacial score (nSPS) is 12.6. The molecule has 0 atom stereocenters. The molecule has 1 amide bonds. The number of aryl methyl sites for hydroxylation is 1. The van der Waals surface area contributed by atoms with E-state index in [0.717, 1.165) is 32.7 Å². The maximum absolute atomic E-state index is 11.6. The molecule has 0 radical (unpaired) electrons. The Bertz CT molecular complexity index is 1020. The van der Waals surface area contributed by atoms with Crippen LogP contribution in [0.1, 0.15) is 21.9 Å². The first-order valence-electron chi connectivity index (χ1n) is 8.28. The predicted molar refractivity (Wildman–Crippen MR) is 101 cm³/mol. The fraction of sp³-hybridized carbons (Fsp3) is 0.222. The summed E-state index contributed by atoms with van der Waals surface area (Å²) in [7, 11) is 1.65. The van der Waals surface area contributed by atoms with Crippen LogP contribution in [0.15, 0.2) is 46.7 Å². The van der Waals surface area contributed by atoms with Gasteiger partial charge in [0.05, 0.1) is 5.69 Å². The molecule has 8 nitrogen and oxygen atoms in total. The van der Waals surface area contributed by atoms with Crippen LogP contribution in [0.25, 0.3) is 0 Å². The average molecular weight is 382 g/mol. The number of benzene rings is 1. The van der Waals surface area contributed by atoms with Gasteiger partial charge in [-0.1, -0.05) is 17.8 Å². The minimum absolute atomic E-state index is 0.254. The lowest BCUT2D eigenvalue weighted by atomic mass is 10.1. The number of carbonyl (C=O) groups excluding carboxylic acids is 1. The number of methoxy groups -OCH3 is 1. The molecular formula is C18H18N6O2S. The number of nitrogens with two attached hydrogens (primary N) is 1. The number of aromatic nitrogens is 4. The molecule has 1 aliphatic rings. The smallest absolute Gasteiger partial charge is 0.284 e. The van der Waals surface area contributed by atoms with Crippen LogP contribution < -0.4 is 10.6 Å². The summed E-state index contributed by atoms with van der Waals surface area (Å²) >= 11 is 1.58. The molecule has 3 heterocycles. The molecule has 0 saturated heterocycles. The number of primary amides is 1. The van der Waals surface area contributed by atoms with Crippen molar-refractivity contribution in [2.24, 2.45) is 5.73 Å². The first-order valence-corrected chi connectivity index (χ1v) is 9.10. The molecule has 0 unspecified atom stereocenters. The van der Waals surface area contributed by atoms with Crippen LogP contribution >= 0.6 is 11.8 Å². The molecule has 3 aromatic rings. The number of fused-ring (bicyclic) bond motifs is 2. The summed E-state index contributed by atoms with van der Waals surface area (Å²) < 4.78 is 7.20. The third-order valence-corrected chi connectivity index (χ3v) is 5.34. The van der Waals surface area contributed by atoms with E-state index in [0.29, 0.717) is 13.3 Å². The number of ether oxygens (including phenoxy) is 1. The van der Waals surface area contributed by atoms with Gasteiger partial charge in [-0.15, -0.1) is 0 Å². The summed E-state index contributed by atoms with van der Waals surface area (Å²) in [5.41, 5.74) is 8.33. The zero-order valence-corrected chi connectivity index (χ0v) is 15.7. The quantitative estimate of drug-likeness (QED) is 0.723. The molecule has 2 aromatic heterocycles. The second kappa shape index (κ2) is 7.01. The van der Waals surface area contributed by atoms with Gasteiger partial charge >= 0.3 is 0 Å². The van der Waals surface area contributed by atoms with Crippen molar-refractivity contribution in [3.8, 4) is 0 Å². The van der Waals surface area contributed by atoms with Crippen LogP contribution in [0.4, 0.5) is 11.5 Å². The highest BCUT2D eigenvalue weighted by molar-refractivity contribution is 7.99. The number of hydrogen-bond acceptors (Lipinski definition) is 7. The highest BCUT2D eigenvalue weighted by Gasteiger charge is 2.26. The van der Waals surface area contributed by atoms with Crippen molar-refractivity contribution in [2.45, 2.75) is 23.4 Å². The summed E-state index contributed by atoms with van der Waals surface area (Å²) in [6, 6.07) is 6.15. The number of imidazole rings is 1. The lowest BCUT2D eigenvalue weighted by Gasteiger charge is -2.30. The predicted octanol–water partition coefficient (Wildman–Crippen LogP) is 2.34. The van der Waals surface area contributed by atoms with Gasteiger partial charge in [0.2, 0.25) is 0 Å². The highest BCUT2D eigenvalue weighted by atomic mass is 32.2. The maximum Gasteiger partial charge on any atom is 0.284 e. The molecule has 0 fully saturated rings. The van der Waals surface area contributed by atoms with Gasteiger partial charge in [0.15, 0.2) is 11.6 Å². The standard InChI is InChI=1S/C18H18N6O2S/c1-11-8-22-16(15(19)25)23(11)9-12-3-4-14-13(7-12)24(10-26-2)17-18(27-14)21-6-5-20-17/h3-8H,9-10H2,1-2H3,(H2,19,25). The fourth-order valence-corrected chi connectivity index (χ4v) is 4.04. The van der Waals surface area contributed by atoms with Crippen molar-refractivity contribution >= 4 is 29.2 Å². The molecular weight excluding hydrogens is 364 g/mol. The lowest BCUT2D eigenvalue weighted by Crippen LogP contribution is -2.25. The van der Waals surface area contributed by atoms with Crippen molar-refractivity contribution in [2.75, 3.05) is 18.7 Å².